The molecule has 1 atom stereocenters. The van der Waals surface area contributed by atoms with Crippen LogP contribution in [0.2, 0.25) is 0 Å². The molecule has 1 aromatic heterocycles. The number of carbonyl (C=O) groups excluding carboxylic acids is 1. The van der Waals surface area contributed by atoms with Gasteiger partial charge in [0.15, 0.2) is 11.5 Å². The fourth-order valence-electron chi connectivity index (χ4n) is 3.70. The van der Waals surface area contributed by atoms with Crippen LogP contribution in [0.25, 0.3) is 11.0 Å². The number of aryl methyl sites for hydroxylation is 1. The van der Waals surface area contributed by atoms with Crippen LogP contribution in [-0.4, -0.2) is 12.7 Å². The van der Waals surface area contributed by atoms with Gasteiger partial charge < -0.3 is 19.2 Å². The Morgan fingerprint density at radius 1 is 0.900 bits per heavy atom. The summed E-state index contributed by atoms with van der Waals surface area (Å²) in [6.07, 6.45) is 0.979. The van der Waals surface area contributed by atoms with Gasteiger partial charge >= 0.3 is 0 Å². The summed E-state index contributed by atoms with van der Waals surface area (Å²) >= 11 is 0. The lowest BCUT2D eigenvalue weighted by Crippen LogP contribution is -2.29. The molecule has 3 aromatic carbocycles. The van der Waals surface area contributed by atoms with E-state index in [0.29, 0.717) is 12.8 Å². The van der Waals surface area contributed by atoms with Gasteiger partial charge in [0.05, 0.1) is 0 Å². The summed E-state index contributed by atoms with van der Waals surface area (Å²) in [4.78, 5) is 12.8. The summed E-state index contributed by atoms with van der Waals surface area (Å²) < 4.78 is 16.8. The van der Waals surface area contributed by atoms with Gasteiger partial charge in [0.2, 0.25) is 12.7 Å². The highest BCUT2D eigenvalue weighted by molar-refractivity contribution is 5.80. The molecule has 1 amide bonds. The Labute approximate surface area is 174 Å². The van der Waals surface area contributed by atoms with E-state index in [1.54, 1.807) is 0 Å². The maximum Gasteiger partial charge on any atom is 0.231 e. The Balaban J connectivity index is 1.33. The van der Waals surface area contributed by atoms with Crippen molar-refractivity contribution in [1.29, 1.82) is 0 Å². The van der Waals surface area contributed by atoms with Gasteiger partial charge in [0.25, 0.3) is 0 Å². The lowest BCUT2D eigenvalue weighted by molar-refractivity contribution is -0.121. The smallest absolute Gasteiger partial charge is 0.231 e. The number of hydrogen-bond acceptors (Lipinski definition) is 4. The molecule has 0 spiro atoms. The van der Waals surface area contributed by atoms with Gasteiger partial charge in [-0.3, -0.25) is 4.79 Å². The molecule has 5 heteroatoms. The van der Waals surface area contributed by atoms with E-state index >= 15 is 0 Å². The average molecular weight is 399 g/mol. The standard InChI is InChI=1S/C25H21NO4/c27-24(13-11-17-10-12-21-22(14-17)29-16-28-21)26-25(18-6-2-1-3-7-18)23-15-19-8-4-5-9-20(19)30-23/h1-10,12,14-15,25H,11,13,16H2,(H,26,27). The van der Waals surface area contributed by atoms with Crippen LogP contribution in [0.5, 0.6) is 11.5 Å². The van der Waals surface area contributed by atoms with E-state index in [1.165, 1.54) is 0 Å². The first-order valence-electron chi connectivity index (χ1n) is 9.97. The van der Waals surface area contributed by atoms with Crippen LogP contribution < -0.4 is 14.8 Å². The number of amides is 1. The van der Waals surface area contributed by atoms with E-state index in [1.807, 2.05) is 78.9 Å². The van der Waals surface area contributed by atoms with E-state index in [2.05, 4.69) is 5.32 Å². The van der Waals surface area contributed by atoms with Crippen molar-refractivity contribution in [3.8, 4) is 11.5 Å². The molecule has 0 aliphatic carbocycles. The first-order chi connectivity index (χ1) is 14.8. The van der Waals surface area contributed by atoms with Crippen LogP contribution in [0, 0.1) is 0 Å². The van der Waals surface area contributed by atoms with Crippen LogP contribution in [0.1, 0.15) is 29.3 Å². The fraction of sp³-hybridized carbons (Fsp3) is 0.160. The zero-order valence-corrected chi connectivity index (χ0v) is 16.3. The van der Waals surface area contributed by atoms with Gasteiger partial charge in [-0.25, -0.2) is 0 Å². The largest absolute Gasteiger partial charge is 0.459 e. The molecule has 5 rings (SSSR count). The topological polar surface area (TPSA) is 60.7 Å². The second-order valence-electron chi connectivity index (χ2n) is 7.29. The van der Waals surface area contributed by atoms with Crippen molar-refractivity contribution in [3.63, 3.8) is 0 Å². The summed E-state index contributed by atoms with van der Waals surface area (Å²) in [7, 11) is 0. The number of hydrogen-bond donors (Lipinski definition) is 1. The van der Waals surface area contributed by atoms with Crippen LogP contribution >= 0.6 is 0 Å². The Bertz CT molecular complexity index is 1150. The third-order valence-electron chi connectivity index (χ3n) is 5.25. The molecular formula is C25H21NO4. The molecule has 150 valence electrons. The van der Waals surface area contributed by atoms with Crippen molar-refractivity contribution < 1.29 is 18.7 Å². The molecule has 0 saturated carbocycles. The van der Waals surface area contributed by atoms with Gasteiger partial charge in [0, 0.05) is 11.8 Å². The number of para-hydroxylation sites is 1. The van der Waals surface area contributed by atoms with Gasteiger partial charge in [-0.15, -0.1) is 0 Å². The van der Waals surface area contributed by atoms with Gasteiger partial charge in [-0.2, -0.15) is 0 Å². The Morgan fingerprint density at radius 2 is 1.70 bits per heavy atom. The molecule has 1 aliphatic rings. The molecule has 4 aromatic rings. The van der Waals surface area contributed by atoms with Gasteiger partial charge in [0.1, 0.15) is 17.4 Å². The predicted molar refractivity (Wildman–Crippen MR) is 114 cm³/mol. The lowest BCUT2D eigenvalue weighted by atomic mass is 10.0. The minimum absolute atomic E-state index is 0.0398. The first-order valence-corrected chi connectivity index (χ1v) is 9.97. The van der Waals surface area contributed by atoms with Crippen LogP contribution in [0.3, 0.4) is 0 Å². The molecule has 0 radical (unpaired) electrons. The number of fused-ring (bicyclic) bond motifs is 2. The first kappa shape index (κ1) is 18.3. The van der Waals surface area contributed by atoms with Crippen molar-refractivity contribution in [2.45, 2.75) is 18.9 Å². The van der Waals surface area contributed by atoms with Crippen LogP contribution in [0.15, 0.2) is 83.3 Å². The number of carbonyl (C=O) groups is 1. The summed E-state index contributed by atoms with van der Waals surface area (Å²) in [6, 6.07) is 25.2. The minimum atomic E-state index is -0.345. The predicted octanol–water partition coefficient (Wildman–Crippen LogP) is 5.00. The zero-order chi connectivity index (χ0) is 20.3. The molecule has 2 heterocycles. The van der Waals surface area contributed by atoms with Crippen LogP contribution in [0.4, 0.5) is 0 Å². The molecule has 1 unspecified atom stereocenters. The molecule has 1 N–H and O–H groups in total. The van der Waals surface area contributed by atoms with Crippen molar-refractivity contribution in [2.75, 3.05) is 6.79 Å². The molecule has 0 saturated heterocycles. The fourth-order valence-corrected chi connectivity index (χ4v) is 3.70. The van der Waals surface area contributed by atoms with Crippen molar-refractivity contribution in [3.05, 3.63) is 95.7 Å². The van der Waals surface area contributed by atoms with E-state index in [4.69, 9.17) is 13.9 Å². The van der Waals surface area contributed by atoms with Gasteiger partial charge in [-0.05, 0) is 41.8 Å². The van der Waals surface area contributed by atoms with E-state index in [0.717, 1.165) is 39.4 Å². The zero-order valence-electron chi connectivity index (χ0n) is 16.3. The quantitative estimate of drug-likeness (QED) is 0.496. The number of benzene rings is 3. The minimum Gasteiger partial charge on any atom is -0.459 e. The second-order valence-corrected chi connectivity index (χ2v) is 7.29. The number of ether oxygens (including phenoxy) is 2. The van der Waals surface area contributed by atoms with Crippen molar-refractivity contribution in [2.24, 2.45) is 0 Å². The summed E-state index contributed by atoms with van der Waals surface area (Å²) in [5.41, 5.74) is 2.82. The van der Waals surface area contributed by atoms with Crippen LogP contribution in [-0.2, 0) is 11.2 Å². The molecule has 30 heavy (non-hydrogen) atoms. The maximum atomic E-state index is 12.8. The summed E-state index contributed by atoms with van der Waals surface area (Å²) in [5, 5.41) is 4.16. The number of furan rings is 1. The maximum absolute atomic E-state index is 12.8. The van der Waals surface area contributed by atoms with E-state index in [9.17, 15) is 4.79 Å². The Hall–Kier alpha value is -3.73. The molecule has 0 bridgehead atoms. The highest BCUT2D eigenvalue weighted by Gasteiger charge is 2.21. The third-order valence-corrected chi connectivity index (χ3v) is 5.25. The lowest BCUT2D eigenvalue weighted by Gasteiger charge is -2.17. The molecule has 1 aliphatic heterocycles. The van der Waals surface area contributed by atoms with Crippen molar-refractivity contribution in [1.82, 2.24) is 5.32 Å². The Kier molecular flexibility index (Phi) is 4.85. The molecule has 0 fully saturated rings. The monoisotopic (exact) mass is 399 g/mol. The number of rotatable bonds is 6. The highest BCUT2D eigenvalue weighted by atomic mass is 16.7. The van der Waals surface area contributed by atoms with E-state index < -0.39 is 0 Å². The van der Waals surface area contributed by atoms with Gasteiger partial charge in [-0.1, -0.05) is 54.6 Å². The SMILES string of the molecule is O=C(CCc1ccc2c(c1)OCO2)NC(c1ccccc1)c1cc2ccccc2o1. The number of nitrogens with one attached hydrogen (secondary N) is 1. The normalized spacial score (nSPS) is 13.3. The molecule has 5 nitrogen and oxygen atoms in total. The second kappa shape index (κ2) is 7.95. The third kappa shape index (κ3) is 3.74. The highest BCUT2D eigenvalue weighted by Crippen LogP contribution is 2.33. The van der Waals surface area contributed by atoms with Crippen molar-refractivity contribution >= 4 is 16.9 Å². The molecular weight excluding hydrogens is 378 g/mol. The van der Waals surface area contributed by atoms with E-state index in [-0.39, 0.29) is 18.7 Å². The average Bonchev–Trinajstić information content (AvgIpc) is 3.43. The Morgan fingerprint density at radius 3 is 2.57 bits per heavy atom. The summed E-state index contributed by atoms with van der Waals surface area (Å²) in [6.45, 7) is 0.246. The summed E-state index contributed by atoms with van der Waals surface area (Å²) in [5.74, 6) is 2.16.